The van der Waals surface area contributed by atoms with Crippen molar-refractivity contribution in [1.82, 2.24) is 9.78 Å². The first-order valence-electron chi connectivity index (χ1n) is 7.33. The summed E-state index contributed by atoms with van der Waals surface area (Å²) in [5.74, 6) is 0.299. The zero-order chi connectivity index (χ0) is 15.5. The van der Waals surface area contributed by atoms with E-state index in [9.17, 15) is 9.59 Å². The molecule has 2 N–H and O–H groups in total. The second-order valence-corrected chi connectivity index (χ2v) is 6.08. The van der Waals surface area contributed by atoms with Gasteiger partial charge in [0.1, 0.15) is 11.2 Å². The summed E-state index contributed by atoms with van der Waals surface area (Å²) < 4.78 is 1.75. The normalized spacial score (nSPS) is 22.5. The van der Waals surface area contributed by atoms with E-state index in [-0.39, 0.29) is 24.3 Å². The molecular formula is C16H16N4O2. The second-order valence-electron chi connectivity index (χ2n) is 6.08. The Hall–Kier alpha value is -2.63. The van der Waals surface area contributed by atoms with Gasteiger partial charge in [0.2, 0.25) is 11.8 Å². The van der Waals surface area contributed by atoms with Crippen LogP contribution >= 0.6 is 0 Å². The topological polar surface area (TPSA) is 76.0 Å². The standard InChI is InChI=1S/C16H16N4O2/c1-9(2)20-14-11(8-17-20)16(7-13(21)19-14)10-5-3-4-6-12(10)18-15(16)22/h3-6,8-9H,7H2,1-2H3,(H,18,22)(H,19,21). The Labute approximate surface area is 127 Å². The maximum atomic E-state index is 12.8. The van der Waals surface area contributed by atoms with Crippen molar-refractivity contribution in [3.63, 3.8) is 0 Å². The molecule has 112 valence electrons. The summed E-state index contributed by atoms with van der Waals surface area (Å²) in [4.78, 5) is 25.1. The maximum absolute atomic E-state index is 12.8. The highest BCUT2D eigenvalue weighted by atomic mass is 16.2. The van der Waals surface area contributed by atoms with E-state index in [0.29, 0.717) is 5.82 Å². The van der Waals surface area contributed by atoms with Gasteiger partial charge in [-0.2, -0.15) is 5.10 Å². The molecule has 1 spiro atoms. The number of carbonyl (C=O) groups is 2. The Kier molecular flexibility index (Phi) is 2.49. The van der Waals surface area contributed by atoms with Gasteiger partial charge in [-0.15, -0.1) is 0 Å². The van der Waals surface area contributed by atoms with Crippen LogP contribution in [0.5, 0.6) is 0 Å². The quantitative estimate of drug-likeness (QED) is 0.845. The second kappa shape index (κ2) is 4.19. The fourth-order valence-corrected chi connectivity index (χ4v) is 3.46. The number of nitrogens with one attached hydrogen (secondary N) is 2. The highest BCUT2D eigenvalue weighted by molar-refractivity contribution is 6.14. The molecule has 6 heteroatoms. The maximum Gasteiger partial charge on any atom is 0.240 e. The predicted molar refractivity (Wildman–Crippen MR) is 81.7 cm³/mol. The molecule has 0 aliphatic carbocycles. The summed E-state index contributed by atoms with van der Waals surface area (Å²) in [7, 11) is 0. The van der Waals surface area contributed by atoms with E-state index < -0.39 is 5.41 Å². The highest BCUT2D eigenvalue weighted by Gasteiger charge is 2.54. The minimum atomic E-state index is -0.971. The summed E-state index contributed by atoms with van der Waals surface area (Å²) in [5, 5.41) is 10.2. The van der Waals surface area contributed by atoms with Gasteiger partial charge >= 0.3 is 0 Å². The van der Waals surface area contributed by atoms with Crippen LogP contribution in [0, 0.1) is 0 Å². The molecule has 1 aromatic heterocycles. The average Bonchev–Trinajstić information content (AvgIpc) is 3.01. The lowest BCUT2D eigenvalue weighted by Gasteiger charge is -2.31. The van der Waals surface area contributed by atoms with Crippen LogP contribution in [0.25, 0.3) is 0 Å². The van der Waals surface area contributed by atoms with Gasteiger partial charge in [-0.3, -0.25) is 9.59 Å². The smallest absolute Gasteiger partial charge is 0.240 e. The molecule has 3 heterocycles. The fraction of sp³-hybridized carbons (Fsp3) is 0.312. The van der Waals surface area contributed by atoms with E-state index in [1.165, 1.54) is 0 Å². The summed E-state index contributed by atoms with van der Waals surface area (Å²) in [6, 6.07) is 7.63. The Morgan fingerprint density at radius 1 is 1.18 bits per heavy atom. The van der Waals surface area contributed by atoms with E-state index in [1.807, 2.05) is 38.1 Å². The van der Waals surface area contributed by atoms with Gasteiger partial charge in [-0.1, -0.05) is 18.2 Å². The van der Waals surface area contributed by atoms with E-state index >= 15 is 0 Å². The highest BCUT2D eigenvalue weighted by Crippen LogP contribution is 2.49. The van der Waals surface area contributed by atoms with Gasteiger partial charge in [-0.05, 0) is 25.5 Å². The number of benzene rings is 1. The first kappa shape index (κ1) is 13.1. The molecular weight excluding hydrogens is 280 g/mol. The summed E-state index contributed by atoms with van der Waals surface area (Å²) in [5.41, 5.74) is 1.41. The Morgan fingerprint density at radius 3 is 2.73 bits per heavy atom. The molecule has 0 saturated heterocycles. The van der Waals surface area contributed by atoms with Crippen LogP contribution in [0.1, 0.15) is 37.4 Å². The number of fused-ring (bicyclic) bond motifs is 4. The summed E-state index contributed by atoms with van der Waals surface area (Å²) >= 11 is 0. The molecule has 2 aromatic rings. The van der Waals surface area contributed by atoms with Crippen molar-refractivity contribution in [2.75, 3.05) is 10.6 Å². The van der Waals surface area contributed by atoms with Crippen molar-refractivity contribution < 1.29 is 9.59 Å². The van der Waals surface area contributed by atoms with Crippen molar-refractivity contribution in [2.45, 2.75) is 31.7 Å². The van der Waals surface area contributed by atoms with Crippen LogP contribution in [0.3, 0.4) is 0 Å². The average molecular weight is 296 g/mol. The predicted octanol–water partition coefficient (Wildman–Crippen LogP) is 2.04. The monoisotopic (exact) mass is 296 g/mol. The lowest BCUT2D eigenvalue weighted by Crippen LogP contribution is -2.43. The Bertz CT molecular complexity index is 808. The zero-order valence-corrected chi connectivity index (χ0v) is 12.4. The number of hydrogen-bond donors (Lipinski definition) is 2. The molecule has 1 unspecified atom stereocenters. The van der Waals surface area contributed by atoms with Crippen molar-refractivity contribution in [1.29, 1.82) is 0 Å². The van der Waals surface area contributed by atoms with Crippen molar-refractivity contribution >= 4 is 23.3 Å². The third-order valence-electron chi connectivity index (χ3n) is 4.45. The number of para-hydroxylation sites is 1. The number of hydrogen-bond acceptors (Lipinski definition) is 3. The summed E-state index contributed by atoms with van der Waals surface area (Å²) in [6.07, 6.45) is 1.81. The Morgan fingerprint density at radius 2 is 1.95 bits per heavy atom. The molecule has 22 heavy (non-hydrogen) atoms. The van der Waals surface area contributed by atoms with Gasteiger partial charge in [0.05, 0.1) is 6.20 Å². The van der Waals surface area contributed by atoms with E-state index in [2.05, 4.69) is 15.7 Å². The zero-order valence-electron chi connectivity index (χ0n) is 12.4. The molecule has 2 amide bonds. The number of aromatic nitrogens is 2. The van der Waals surface area contributed by atoms with Gasteiger partial charge in [-0.25, -0.2) is 4.68 Å². The number of amides is 2. The number of carbonyl (C=O) groups excluding carboxylic acids is 2. The number of rotatable bonds is 1. The molecule has 1 aromatic carbocycles. The van der Waals surface area contributed by atoms with Crippen molar-refractivity contribution in [3.8, 4) is 0 Å². The SMILES string of the molecule is CC(C)n1ncc2c1NC(=O)CC21C(=O)Nc2ccccc21. The van der Waals surface area contributed by atoms with E-state index in [1.54, 1.807) is 10.9 Å². The van der Waals surface area contributed by atoms with Crippen LogP contribution in [-0.2, 0) is 15.0 Å². The van der Waals surface area contributed by atoms with Crippen LogP contribution in [0.15, 0.2) is 30.5 Å². The molecule has 2 aliphatic heterocycles. The molecule has 1 atom stereocenters. The van der Waals surface area contributed by atoms with Crippen molar-refractivity contribution in [2.24, 2.45) is 0 Å². The Balaban J connectivity index is 2.02. The first-order chi connectivity index (χ1) is 10.5. The van der Waals surface area contributed by atoms with Crippen LogP contribution in [0.2, 0.25) is 0 Å². The van der Waals surface area contributed by atoms with Crippen LogP contribution in [-0.4, -0.2) is 21.6 Å². The third-order valence-corrected chi connectivity index (χ3v) is 4.45. The van der Waals surface area contributed by atoms with E-state index in [4.69, 9.17) is 0 Å². The lowest BCUT2D eigenvalue weighted by atomic mass is 9.72. The third kappa shape index (κ3) is 1.46. The van der Waals surface area contributed by atoms with Gasteiger partial charge < -0.3 is 10.6 Å². The van der Waals surface area contributed by atoms with Gasteiger partial charge in [0, 0.05) is 23.7 Å². The van der Waals surface area contributed by atoms with Crippen LogP contribution < -0.4 is 10.6 Å². The largest absolute Gasteiger partial charge is 0.325 e. The molecule has 6 nitrogen and oxygen atoms in total. The minimum Gasteiger partial charge on any atom is -0.325 e. The number of nitrogens with zero attached hydrogens (tertiary/aromatic N) is 2. The van der Waals surface area contributed by atoms with E-state index in [0.717, 1.165) is 16.8 Å². The van der Waals surface area contributed by atoms with Crippen LogP contribution in [0.4, 0.5) is 11.5 Å². The molecule has 0 radical (unpaired) electrons. The molecule has 0 saturated carbocycles. The molecule has 4 rings (SSSR count). The van der Waals surface area contributed by atoms with Crippen molar-refractivity contribution in [3.05, 3.63) is 41.6 Å². The molecule has 2 aliphatic rings. The first-order valence-corrected chi connectivity index (χ1v) is 7.33. The fourth-order valence-electron chi connectivity index (χ4n) is 3.46. The lowest BCUT2D eigenvalue weighted by molar-refractivity contribution is -0.125. The number of anilines is 2. The van der Waals surface area contributed by atoms with Gasteiger partial charge in [0.25, 0.3) is 0 Å². The minimum absolute atomic E-state index is 0.0962. The van der Waals surface area contributed by atoms with Gasteiger partial charge in [0.15, 0.2) is 0 Å². The molecule has 0 fully saturated rings. The summed E-state index contributed by atoms with van der Waals surface area (Å²) in [6.45, 7) is 3.98. The molecule has 0 bridgehead atoms.